The highest BCUT2D eigenvalue weighted by Gasteiger charge is 2.15. The molecule has 0 unspecified atom stereocenters. The number of rotatable bonds is 2. The maximum absolute atomic E-state index is 12.3. The molecule has 2 aromatic heterocycles. The molecule has 3 aromatic rings. The van der Waals surface area contributed by atoms with E-state index in [4.69, 9.17) is 0 Å². The molecule has 0 atom stereocenters. The summed E-state index contributed by atoms with van der Waals surface area (Å²) in [5.74, 6) is 0.0725. The van der Waals surface area contributed by atoms with Crippen LogP contribution >= 0.6 is 43.2 Å². The van der Waals surface area contributed by atoms with Crippen molar-refractivity contribution in [1.82, 2.24) is 9.97 Å². The van der Waals surface area contributed by atoms with Gasteiger partial charge < -0.3 is 10.1 Å². The van der Waals surface area contributed by atoms with Gasteiger partial charge in [-0.05, 0) is 45.8 Å². The molecule has 7 heteroatoms. The standard InChI is InChI=1S/C14H8Br2N2O2S/c15-8-3-1-2-7(6-8)11-13(19)17-12(18-14(11)20)9-4-5-10(16)21-9/h1-6H,(H2,17,18,19,20). The van der Waals surface area contributed by atoms with Gasteiger partial charge in [-0.15, -0.1) is 11.3 Å². The van der Waals surface area contributed by atoms with E-state index in [0.29, 0.717) is 11.4 Å². The molecule has 4 nitrogen and oxygen atoms in total. The van der Waals surface area contributed by atoms with E-state index in [1.54, 1.807) is 18.2 Å². The molecule has 1 aromatic carbocycles. The predicted octanol–water partition coefficient (Wildman–Crippen LogP) is 4.40. The summed E-state index contributed by atoms with van der Waals surface area (Å²) in [4.78, 5) is 19.9. The van der Waals surface area contributed by atoms with Crippen molar-refractivity contribution in [1.29, 1.82) is 0 Å². The lowest BCUT2D eigenvalue weighted by atomic mass is 10.1. The van der Waals surface area contributed by atoms with Crippen molar-refractivity contribution in [3.63, 3.8) is 0 Å². The van der Waals surface area contributed by atoms with Gasteiger partial charge in [0.2, 0.25) is 5.88 Å². The first-order chi connectivity index (χ1) is 10.0. The van der Waals surface area contributed by atoms with Crippen LogP contribution in [0.25, 0.3) is 21.8 Å². The molecule has 0 saturated carbocycles. The lowest BCUT2D eigenvalue weighted by molar-refractivity contribution is 0.454. The van der Waals surface area contributed by atoms with E-state index >= 15 is 0 Å². The predicted molar refractivity (Wildman–Crippen MR) is 90.7 cm³/mol. The molecule has 0 fully saturated rings. The molecule has 0 amide bonds. The number of aromatic nitrogens is 2. The summed E-state index contributed by atoms with van der Waals surface area (Å²) < 4.78 is 1.75. The van der Waals surface area contributed by atoms with Gasteiger partial charge in [0.05, 0.1) is 8.66 Å². The second kappa shape index (κ2) is 5.75. The number of hydrogen-bond acceptors (Lipinski definition) is 4. The van der Waals surface area contributed by atoms with E-state index in [-0.39, 0.29) is 17.0 Å². The first kappa shape index (κ1) is 14.5. The molecule has 2 heterocycles. The van der Waals surface area contributed by atoms with E-state index in [1.807, 2.05) is 18.2 Å². The normalized spacial score (nSPS) is 10.8. The van der Waals surface area contributed by atoms with Crippen LogP contribution in [0, 0.1) is 0 Å². The molecule has 0 saturated heterocycles. The number of nitrogens with zero attached hydrogens (tertiary/aromatic N) is 1. The minimum absolute atomic E-state index is 0.163. The first-order valence-corrected chi connectivity index (χ1v) is 8.30. The van der Waals surface area contributed by atoms with Gasteiger partial charge in [-0.2, -0.15) is 4.98 Å². The third-order valence-electron chi connectivity index (χ3n) is 2.82. The minimum Gasteiger partial charge on any atom is -0.493 e. The zero-order valence-corrected chi connectivity index (χ0v) is 14.4. The zero-order chi connectivity index (χ0) is 15.0. The lowest BCUT2D eigenvalue weighted by Gasteiger charge is -2.05. The Kier molecular flexibility index (Phi) is 3.97. The number of nitrogens with one attached hydrogen (secondary N) is 1. The summed E-state index contributed by atoms with van der Waals surface area (Å²) in [6.07, 6.45) is 0. The Morgan fingerprint density at radius 1 is 1.19 bits per heavy atom. The highest BCUT2D eigenvalue weighted by atomic mass is 79.9. The number of hydrogen-bond donors (Lipinski definition) is 2. The van der Waals surface area contributed by atoms with Crippen molar-refractivity contribution in [2.45, 2.75) is 0 Å². The third-order valence-corrected chi connectivity index (χ3v) is 4.94. The van der Waals surface area contributed by atoms with Gasteiger partial charge in [-0.3, -0.25) is 4.79 Å². The summed E-state index contributed by atoms with van der Waals surface area (Å²) in [6.45, 7) is 0. The number of thiophene rings is 1. The second-order valence-corrected chi connectivity index (χ2v) is 7.61. The summed E-state index contributed by atoms with van der Waals surface area (Å²) >= 11 is 8.13. The summed E-state index contributed by atoms with van der Waals surface area (Å²) in [5, 5.41) is 10.1. The Morgan fingerprint density at radius 2 is 2.00 bits per heavy atom. The highest BCUT2D eigenvalue weighted by Crippen LogP contribution is 2.31. The smallest absolute Gasteiger partial charge is 0.262 e. The fourth-order valence-corrected chi connectivity index (χ4v) is 3.65. The summed E-state index contributed by atoms with van der Waals surface area (Å²) in [6, 6.07) is 10.8. The van der Waals surface area contributed by atoms with Gasteiger partial charge in [-0.25, -0.2) is 0 Å². The Labute approximate surface area is 140 Å². The Hall–Kier alpha value is -1.44. The van der Waals surface area contributed by atoms with E-state index in [1.165, 1.54) is 11.3 Å². The van der Waals surface area contributed by atoms with Crippen LogP contribution in [0.15, 0.2) is 49.5 Å². The maximum Gasteiger partial charge on any atom is 0.262 e. The zero-order valence-electron chi connectivity index (χ0n) is 10.4. The second-order valence-electron chi connectivity index (χ2n) is 4.23. The monoisotopic (exact) mass is 426 g/mol. The van der Waals surface area contributed by atoms with Gasteiger partial charge in [-0.1, -0.05) is 28.1 Å². The number of benzene rings is 1. The number of aromatic amines is 1. The van der Waals surface area contributed by atoms with E-state index in [2.05, 4.69) is 41.8 Å². The number of H-pyrrole nitrogens is 1. The molecule has 0 spiro atoms. The van der Waals surface area contributed by atoms with Crippen molar-refractivity contribution < 1.29 is 5.11 Å². The van der Waals surface area contributed by atoms with Crippen molar-refractivity contribution in [3.05, 3.63) is 55.0 Å². The van der Waals surface area contributed by atoms with Crippen molar-refractivity contribution >= 4 is 43.2 Å². The third kappa shape index (κ3) is 2.95. The molecule has 0 aliphatic heterocycles. The highest BCUT2D eigenvalue weighted by molar-refractivity contribution is 9.11. The average molecular weight is 428 g/mol. The summed E-state index contributed by atoms with van der Waals surface area (Å²) in [7, 11) is 0. The Bertz CT molecular complexity index is 873. The molecule has 3 rings (SSSR count). The lowest BCUT2D eigenvalue weighted by Crippen LogP contribution is -2.11. The van der Waals surface area contributed by atoms with Gasteiger partial charge >= 0.3 is 0 Å². The molecule has 2 N–H and O–H groups in total. The van der Waals surface area contributed by atoms with Gasteiger partial charge in [0, 0.05) is 4.47 Å². The quantitative estimate of drug-likeness (QED) is 0.637. The topological polar surface area (TPSA) is 66.0 Å². The van der Waals surface area contributed by atoms with Crippen LogP contribution < -0.4 is 5.56 Å². The molecule has 0 bridgehead atoms. The molecule has 106 valence electrons. The number of aromatic hydroxyl groups is 1. The van der Waals surface area contributed by atoms with Crippen molar-refractivity contribution in [2.24, 2.45) is 0 Å². The molecular formula is C14H8Br2N2O2S. The average Bonchev–Trinajstić information content (AvgIpc) is 2.85. The van der Waals surface area contributed by atoms with Gasteiger partial charge in [0.15, 0.2) is 5.82 Å². The molecular weight excluding hydrogens is 420 g/mol. The van der Waals surface area contributed by atoms with Crippen molar-refractivity contribution in [2.75, 3.05) is 0 Å². The SMILES string of the molecule is O=c1[nH]c(-c2ccc(Br)s2)nc(O)c1-c1cccc(Br)c1. The minimum atomic E-state index is -0.375. The van der Waals surface area contributed by atoms with E-state index < -0.39 is 0 Å². The first-order valence-electron chi connectivity index (χ1n) is 5.89. The van der Waals surface area contributed by atoms with Crippen LogP contribution in [0.4, 0.5) is 0 Å². The van der Waals surface area contributed by atoms with Crippen LogP contribution in [-0.4, -0.2) is 15.1 Å². The van der Waals surface area contributed by atoms with Crippen molar-refractivity contribution in [3.8, 4) is 27.7 Å². The van der Waals surface area contributed by atoms with Crippen LogP contribution in [0.2, 0.25) is 0 Å². The Balaban J connectivity index is 2.15. The fourth-order valence-electron chi connectivity index (χ4n) is 1.92. The van der Waals surface area contributed by atoms with Gasteiger partial charge in [0.25, 0.3) is 5.56 Å². The Morgan fingerprint density at radius 3 is 2.62 bits per heavy atom. The molecule has 0 aliphatic rings. The van der Waals surface area contributed by atoms with Crippen LogP contribution in [0.3, 0.4) is 0 Å². The molecule has 0 radical (unpaired) electrons. The maximum atomic E-state index is 12.3. The molecule has 0 aliphatic carbocycles. The largest absolute Gasteiger partial charge is 0.493 e. The fraction of sp³-hybridized carbons (Fsp3) is 0. The van der Waals surface area contributed by atoms with Crippen LogP contribution in [-0.2, 0) is 0 Å². The van der Waals surface area contributed by atoms with Crippen LogP contribution in [0.1, 0.15) is 0 Å². The van der Waals surface area contributed by atoms with E-state index in [9.17, 15) is 9.90 Å². The molecule has 21 heavy (non-hydrogen) atoms. The number of halogens is 2. The van der Waals surface area contributed by atoms with Gasteiger partial charge in [0.1, 0.15) is 5.56 Å². The van der Waals surface area contributed by atoms with E-state index in [0.717, 1.165) is 13.1 Å². The summed E-state index contributed by atoms with van der Waals surface area (Å²) in [5.41, 5.74) is 0.394. The van der Waals surface area contributed by atoms with Crippen LogP contribution in [0.5, 0.6) is 5.88 Å².